The lowest BCUT2D eigenvalue weighted by Gasteiger charge is -2.26. The molecular formula is C16H24FNO. The fraction of sp³-hybridized carbons (Fsp3) is 0.625. The van der Waals surface area contributed by atoms with Crippen molar-refractivity contribution in [2.45, 2.75) is 46.3 Å². The molecule has 3 unspecified atom stereocenters. The molecule has 0 bridgehead atoms. The second-order valence-electron chi connectivity index (χ2n) is 5.65. The molecule has 2 rings (SSSR count). The van der Waals surface area contributed by atoms with Gasteiger partial charge in [-0.25, -0.2) is 4.39 Å². The normalized spacial score (nSPS) is 24.7. The highest BCUT2D eigenvalue weighted by atomic mass is 19.1. The highest BCUT2D eigenvalue weighted by Crippen LogP contribution is 2.34. The average molecular weight is 265 g/mol. The minimum atomic E-state index is -0.0944. The molecule has 3 heteroatoms. The van der Waals surface area contributed by atoms with Crippen LogP contribution in [0.4, 0.5) is 4.39 Å². The van der Waals surface area contributed by atoms with Crippen LogP contribution in [0.2, 0.25) is 0 Å². The lowest BCUT2D eigenvalue weighted by molar-refractivity contribution is 0.116. The molecule has 0 radical (unpaired) electrons. The monoisotopic (exact) mass is 265 g/mol. The van der Waals surface area contributed by atoms with Crippen molar-refractivity contribution in [3.63, 3.8) is 0 Å². The van der Waals surface area contributed by atoms with E-state index in [4.69, 9.17) is 4.74 Å². The molecule has 106 valence electrons. The highest BCUT2D eigenvalue weighted by molar-refractivity contribution is 5.35. The van der Waals surface area contributed by atoms with Gasteiger partial charge in [-0.1, -0.05) is 13.0 Å². The zero-order chi connectivity index (χ0) is 14.0. The summed E-state index contributed by atoms with van der Waals surface area (Å²) in [7, 11) is 0. The molecule has 1 aliphatic rings. The van der Waals surface area contributed by atoms with Gasteiger partial charge >= 0.3 is 0 Å². The van der Waals surface area contributed by atoms with E-state index in [0.717, 1.165) is 29.7 Å². The summed E-state index contributed by atoms with van der Waals surface area (Å²) < 4.78 is 20.0. The van der Waals surface area contributed by atoms with Crippen LogP contribution in [0, 0.1) is 25.6 Å². The van der Waals surface area contributed by atoms with Gasteiger partial charge in [-0.05, 0) is 50.9 Å². The lowest BCUT2D eigenvalue weighted by atomic mass is 9.87. The van der Waals surface area contributed by atoms with Crippen molar-refractivity contribution in [2.24, 2.45) is 5.92 Å². The molecule has 0 aromatic heterocycles. The smallest absolute Gasteiger partial charge is 0.128 e. The van der Waals surface area contributed by atoms with Crippen LogP contribution < -0.4 is 5.32 Å². The molecule has 19 heavy (non-hydrogen) atoms. The number of rotatable bonds is 4. The summed E-state index contributed by atoms with van der Waals surface area (Å²) in [5, 5.41) is 3.44. The Hall–Kier alpha value is -0.930. The predicted octanol–water partition coefficient (Wildman–Crippen LogP) is 3.52. The minimum Gasteiger partial charge on any atom is -0.378 e. The molecule has 1 aliphatic heterocycles. The molecule has 1 aromatic rings. The van der Waals surface area contributed by atoms with Crippen LogP contribution in [0.25, 0.3) is 0 Å². The van der Waals surface area contributed by atoms with E-state index in [1.807, 2.05) is 13.8 Å². The first-order valence-corrected chi connectivity index (χ1v) is 7.14. The van der Waals surface area contributed by atoms with Gasteiger partial charge in [0.2, 0.25) is 0 Å². The van der Waals surface area contributed by atoms with Crippen molar-refractivity contribution in [3.05, 3.63) is 34.6 Å². The van der Waals surface area contributed by atoms with E-state index in [9.17, 15) is 4.39 Å². The van der Waals surface area contributed by atoms with Gasteiger partial charge in [0.15, 0.2) is 0 Å². The first-order chi connectivity index (χ1) is 9.02. The van der Waals surface area contributed by atoms with Gasteiger partial charge in [-0.15, -0.1) is 0 Å². The van der Waals surface area contributed by atoms with Gasteiger partial charge in [0, 0.05) is 17.5 Å². The molecule has 0 saturated carbocycles. The van der Waals surface area contributed by atoms with E-state index in [0.29, 0.717) is 12.5 Å². The van der Waals surface area contributed by atoms with E-state index >= 15 is 0 Å². The van der Waals surface area contributed by atoms with Gasteiger partial charge in [0.05, 0.1) is 12.7 Å². The maximum atomic E-state index is 14.4. The standard InChI is InChI=1S/C16H24FNO/c1-5-18-16(13-8-12(4)19-9-13)15-11(3)6-10(2)7-14(15)17/h6-7,12-13,16,18H,5,8-9H2,1-4H3. The van der Waals surface area contributed by atoms with Crippen LogP contribution in [-0.4, -0.2) is 19.3 Å². The third kappa shape index (κ3) is 3.15. The van der Waals surface area contributed by atoms with Crippen molar-refractivity contribution in [2.75, 3.05) is 13.2 Å². The van der Waals surface area contributed by atoms with E-state index in [-0.39, 0.29) is 18.0 Å². The number of ether oxygens (including phenoxy) is 1. The molecule has 2 nitrogen and oxygen atoms in total. The third-order valence-corrected chi connectivity index (χ3v) is 3.92. The van der Waals surface area contributed by atoms with Gasteiger partial charge < -0.3 is 10.1 Å². The van der Waals surface area contributed by atoms with E-state index < -0.39 is 0 Å². The molecule has 1 N–H and O–H groups in total. The zero-order valence-electron chi connectivity index (χ0n) is 12.3. The molecular weight excluding hydrogens is 241 g/mol. The van der Waals surface area contributed by atoms with Crippen LogP contribution in [0.3, 0.4) is 0 Å². The van der Waals surface area contributed by atoms with Gasteiger partial charge in [0.1, 0.15) is 5.82 Å². The number of hydrogen-bond acceptors (Lipinski definition) is 2. The van der Waals surface area contributed by atoms with Crippen molar-refractivity contribution in [3.8, 4) is 0 Å². The summed E-state index contributed by atoms with van der Waals surface area (Å²) in [6, 6.07) is 3.74. The Morgan fingerprint density at radius 2 is 2.16 bits per heavy atom. The molecule has 1 heterocycles. The van der Waals surface area contributed by atoms with Crippen molar-refractivity contribution in [1.82, 2.24) is 5.32 Å². The number of aryl methyl sites for hydroxylation is 2. The fourth-order valence-corrected chi connectivity index (χ4v) is 3.13. The number of nitrogens with one attached hydrogen (secondary N) is 1. The number of halogens is 1. The largest absolute Gasteiger partial charge is 0.378 e. The summed E-state index contributed by atoms with van der Waals surface area (Å²) in [5.41, 5.74) is 2.82. The summed E-state index contributed by atoms with van der Waals surface area (Å²) in [6.07, 6.45) is 1.27. The SMILES string of the molecule is CCNC(c1c(C)cc(C)cc1F)C1COC(C)C1. The second-order valence-corrected chi connectivity index (χ2v) is 5.65. The van der Waals surface area contributed by atoms with Crippen molar-refractivity contribution in [1.29, 1.82) is 0 Å². The Labute approximate surface area is 115 Å². The maximum absolute atomic E-state index is 14.4. The Morgan fingerprint density at radius 3 is 2.68 bits per heavy atom. The van der Waals surface area contributed by atoms with Crippen molar-refractivity contribution < 1.29 is 9.13 Å². The van der Waals surface area contributed by atoms with E-state index in [1.54, 1.807) is 6.07 Å². The minimum absolute atomic E-state index is 0.0514. The summed E-state index contributed by atoms with van der Waals surface area (Å²) in [6.45, 7) is 9.63. The van der Waals surface area contributed by atoms with E-state index in [2.05, 4.69) is 25.2 Å². The highest BCUT2D eigenvalue weighted by Gasteiger charge is 2.32. The maximum Gasteiger partial charge on any atom is 0.128 e. The molecule has 0 amide bonds. The molecule has 1 fully saturated rings. The van der Waals surface area contributed by atoms with Crippen molar-refractivity contribution >= 4 is 0 Å². The second kappa shape index (κ2) is 6.02. The van der Waals surface area contributed by atoms with Gasteiger partial charge in [-0.3, -0.25) is 0 Å². The van der Waals surface area contributed by atoms with Crippen LogP contribution >= 0.6 is 0 Å². The molecule has 3 atom stereocenters. The first-order valence-electron chi connectivity index (χ1n) is 7.14. The Morgan fingerprint density at radius 1 is 1.42 bits per heavy atom. The third-order valence-electron chi connectivity index (χ3n) is 3.92. The quantitative estimate of drug-likeness (QED) is 0.899. The lowest BCUT2D eigenvalue weighted by Crippen LogP contribution is -2.30. The number of benzene rings is 1. The summed E-state index contributed by atoms with van der Waals surface area (Å²) in [5.74, 6) is 0.258. The molecule has 0 aliphatic carbocycles. The zero-order valence-corrected chi connectivity index (χ0v) is 12.3. The van der Waals surface area contributed by atoms with Crippen LogP contribution in [0.5, 0.6) is 0 Å². The summed E-state index contributed by atoms with van der Waals surface area (Å²) >= 11 is 0. The Bertz CT molecular complexity index is 423. The average Bonchev–Trinajstić information content (AvgIpc) is 2.73. The summed E-state index contributed by atoms with van der Waals surface area (Å²) in [4.78, 5) is 0. The van der Waals surface area contributed by atoms with Gasteiger partial charge in [0.25, 0.3) is 0 Å². The fourth-order valence-electron chi connectivity index (χ4n) is 3.13. The first kappa shape index (κ1) is 14.5. The van der Waals surface area contributed by atoms with Crippen LogP contribution in [0.15, 0.2) is 12.1 Å². The molecule has 1 aromatic carbocycles. The molecule has 0 spiro atoms. The Balaban J connectivity index is 2.33. The van der Waals surface area contributed by atoms with E-state index in [1.165, 1.54) is 0 Å². The predicted molar refractivity (Wildman–Crippen MR) is 75.8 cm³/mol. The van der Waals surface area contributed by atoms with Crippen LogP contribution in [0.1, 0.15) is 43.0 Å². The van der Waals surface area contributed by atoms with Crippen LogP contribution in [-0.2, 0) is 4.74 Å². The topological polar surface area (TPSA) is 21.3 Å². The molecule has 1 saturated heterocycles. The van der Waals surface area contributed by atoms with Gasteiger partial charge in [-0.2, -0.15) is 0 Å². The number of hydrogen-bond donors (Lipinski definition) is 1. The Kier molecular flexibility index (Phi) is 4.58.